The van der Waals surface area contributed by atoms with Crippen LogP contribution in [-0.4, -0.2) is 33.8 Å². The van der Waals surface area contributed by atoms with Crippen LogP contribution in [0, 0.1) is 0 Å². The number of nitrogens with one attached hydrogen (secondary N) is 2. The second-order valence-corrected chi connectivity index (χ2v) is 8.30. The van der Waals surface area contributed by atoms with E-state index in [0.29, 0.717) is 24.0 Å². The lowest BCUT2D eigenvalue weighted by molar-refractivity contribution is 0.0928. The molecule has 6 heteroatoms. The molecule has 5 nitrogen and oxygen atoms in total. The predicted molar refractivity (Wildman–Crippen MR) is 93.1 cm³/mol. The number of carbonyl (C=O) groups excluding carboxylic acids is 1. The number of aromatic nitrogens is 2. The number of hydrogen-bond acceptors (Lipinski definition) is 4. The summed E-state index contributed by atoms with van der Waals surface area (Å²) in [5, 5.41) is 12.6. The van der Waals surface area contributed by atoms with Crippen molar-refractivity contribution in [3.63, 3.8) is 0 Å². The first-order valence-corrected chi connectivity index (χ1v) is 9.36. The number of amides is 1. The summed E-state index contributed by atoms with van der Waals surface area (Å²) >= 11 is 1.55. The van der Waals surface area contributed by atoms with Gasteiger partial charge in [-0.1, -0.05) is 13.8 Å². The predicted octanol–water partition coefficient (Wildman–Crippen LogP) is 2.77. The second-order valence-electron chi connectivity index (χ2n) is 7.27. The maximum absolute atomic E-state index is 12.7. The molecule has 2 aliphatic heterocycles. The summed E-state index contributed by atoms with van der Waals surface area (Å²) in [7, 11) is 1.96. The smallest absolute Gasteiger partial charge is 0.261 e. The van der Waals surface area contributed by atoms with Crippen LogP contribution in [-0.2, 0) is 7.05 Å². The van der Waals surface area contributed by atoms with Crippen molar-refractivity contribution in [1.82, 2.24) is 20.4 Å². The van der Waals surface area contributed by atoms with E-state index in [1.807, 2.05) is 17.8 Å². The van der Waals surface area contributed by atoms with Gasteiger partial charge < -0.3 is 10.6 Å². The van der Waals surface area contributed by atoms with Crippen LogP contribution in [0.5, 0.6) is 0 Å². The maximum Gasteiger partial charge on any atom is 0.261 e. The molecule has 2 saturated heterocycles. The Labute approximate surface area is 140 Å². The van der Waals surface area contributed by atoms with Gasteiger partial charge in [0.25, 0.3) is 5.91 Å². The SMILES string of the molecule is CC(C)c1nn(C)c2sc(C(=O)NC3CC4CCC(C3)N4)cc12. The molecule has 0 radical (unpaired) electrons. The van der Waals surface area contributed by atoms with E-state index in [4.69, 9.17) is 0 Å². The fourth-order valence-corrected chi connectivity index (χ4v) is 5.02. The fraction of sp³-hybridized carbons (Fsp3) is 0.647. The van der Waals surface area contributed by atoms with Gasteiger partial charge in [0.1, 0.15) is 4.83 Å². The summed E-state index contributed by atoms with van der Waals surface area (Å²) < 4.78 is 1.90. The third kappa shape index (κ3) is 2.68. The second kappa shape index (κ2) is 5.60. The first-order chi connectivity index (χ1) is 11.0. The lowest BCUT2D eigenvalue weighted by Gasteiger charge is -2.29. The van der Waals surface area contributed by atoms with Gasteiger partial charge in [0.15, 0.2) is 0 Å². The average Bonchev–Trinajstić information content (AvgIpc) is 3.15. The van der Waals surface area contributed by atoms with Gasteiger partial charge in [0.2, 0.25) is 0 Å². The lowest BCUT2D eigenvalue weighted by Crippen LogP contribution is -2.47. The first-order valence-electron chi connectivity index (χ1n) is 8.54. The van der Waals surface area contributed by atoms with E-state index in [1.54, 1.807) is 11.3 Å². The van der Waals surface area contributed by atoms with E-state index in [1.165, 1.54) is 12.8 Å². The molecule has 2 N–H and O–H groups in total. The number of thiophene rings is 1. The van der Waals surface area contributed by atoms with Crippen molar-refractivity contribution in [3.05, 3.63) is 16.6 Å². The van der Waals surface area contributed by atoms with Crippen molar-refractivity contribution >= 4 is 27.5 Å². The minimum Gasteiger partial charge on any atom is -0.348 e. The molecule has 2 atom stereocenters. The van der Waals surface area contributed by atoms with Gasteiger partial charge >= 0.3 is 0 Å². The molecule has 4 rings (SSSR count). The summed E-state index contributed by atoms with van der Waals surface area (Å²) in [5.74, 6) is 0.441. The summed E-state index contributed by atoms with van der Waals surface area (Å²) in [6.45, 7) is 4.29. The van der Waals surface area contributed by atoms with Gasteiger partial charge in [-0.3, -0.25) is 9.48 Å². The van der Waals surface area contributed by atoms with Crippen molar-refractivity contribution in [2.24, 2.45) is 7.05 Å². The molecular formula is C17H24N4OS. The Hall–Kier alpha value is -1.40. The molecule has 0 aromatic carbocycles. The summed E-state index contributed by atoms with van der Waals surface area (Å²) in [6, 6.07) is 3.53. The van der Waals surface area contributed by atoms with Gasteiger partial charge in [-0.2, -0.15) is 5.10 Å². The summed E-state index contributed by atoms with van der Waals surface area (Å²) in [5.41, 5.74) is 1.08. The molecule has 2 bridgehead atoms. The van der Waals surface area contributed by atoms with Crippen LogP contribution >= 0.6 is 11.3 Å². The van der Waals surface area contributed by atoms with Gasteiger partial charge in [-0.05, 0) is 37.7 Å². The Balaban J connectivity index is 1.54. The topological polar surface area (TPSA) is 59.0 Å². The molecule has 2 aromatic rings. The van der Waals surface area contributed by atoms with Crippen LogP contribution in [0.4, 0.5) is 0 Å². The fourth-order valence-electron chi connectivity index (χ4n) is 4.04. The largest absolute Gasteiger partial charge is 0.348 e. The van der Waals surface area contributed by atoms with Gasteiger partial charge in [-0.25, -0.2) is 0 Å². The zero-order valence-electron chi connectivity index (χ0n) is 13.9. The maximum atomic E-state index is 12.7. The summed E-state index contributed by atoms with van der Waals surface area (Å²) in [6.07, 6.45) is 4.63. The highest BCUT2D eigenvalue weighted by Gasteiger charge is 2.34. The zero-order valence-corrected chi connectivity index (χ0v) is 14.7. The average molecular weight is 332 g/mol. The molecule has 0 spiro atoms. The van der Waals surface area contributed by atoms with E-state index in [9.17, 15) is 4.79 Å². The van der Waals surface area contributed by atoms with Crippen LogP contribution in [0.3, 0.4) is 0 Å². The van der Waals surface area contributed by atoms with Crippen LogP contribution in [0.1, 0.15) is 60.8 Å². The molecule has 0 aliphatic carbocycles. The highest BCUT2D eigenvalue weighted by atomic mass is 32.1. The first kappa shape index (κ1) is 15.1. The molecule has 0 saturated carbocycles. The molecule has 124 valence electrons. The molecule has 4 heterocycles. The number of rotatable bonds is 3. The van der Waals surface area contributed by atoms with E-state index < -0.39 is 0 Å². The Bertz CT molecular complexity index is 735. The van der Waals surface area contributed by atoms with E-state index in [-0.39, 0.29) is 5.91 Å². The van der Waals surface area contributed by atoms with Crippen LogP contribution in [0.2, 0.25) is 0 Å². The highest BCUT2D eigenvalue weighted by Crippen LogP contribution is 2.32. The molecular weight excluding hydrogens is 308 g/mol. The third-order valence-electron chi connectivity index (χ3n) is 5.12. The number of hydrogen-bond donors (Lipinski definition) is 2. The van der Waals surface area contributed by atoms with E-state index in [0.717, 1.165) is 33.6 Å². The number of piperidine rings is 1. The van der Waals surface area contributed by atoms with E-state index >= 15 is 0 Å². The van der Waals surface area contributed by atoms with Crippen LogP contribution in [0.15, 0.2) is 6.07 Å². The quantitative estimate of drug-likeness (QED) is 0.909. The minimum absolute atomic E-state index is 0.0761. The van der Waals surface area contributed by atoms with Gasteiger partial charge in [-0.15, -0.1) is 11.3 Å². The summed E-state index contributed by atoms with van der Waals surface area (Å²) in [4.78, 5) is 14.5. The number of fused-ring (bicyclic) bond motifs is 3. The molecule has 2 fully saturated rings. The molecule has 2 unspecified atom stereocenters. The van der Waals surface area contributed by atoms with Crippen LogP contribution in [0.25, 0.3) is 10.2 Å². The van der Waals surface area contributed by atoms with Crippen molar-refractivity contribution < 1.29 is 4.79 Å². The molecule has 2 aliphatic rings. The number of carbonyl (C=O) groups is 1. The number of aryl methyl sites for hydroxylation is 1. The minimum atomic E-state index is 0.0761. The Morgan fingerprint density at radius 2 is 2.09 bits per heavy atom. The molecule has 1 amide bonds. The van der Waals surface area contributed by atoms with Crippen molar-refractivity contribution in [2.45, 2.75) is 63.6 Å². The lowest BCUT2D eigenvalue weighted by atomic mass is 10.00. The van der Waals surface area contributed by atoms with Crippen molar-refractivity contribution in [1.29, 1.82) is 0 Å². The van der Waals surface area contributed by atoms with Crippen molar-refractivity contribution in [3.8, 4) is 0 Å². The monoisotopic (exact) mass is 332 g/mol. The normalized spacial score (nSPS) is 27.0. The molecule has 2 aromatic heterocycles. The van der Waals surface area contributed by atoms with E-state index in [2.05, 4.69) is 29.6 Å². The third-order valence-corrected chi connectivity index (χ3v) is 6.32. The zero-order chi connectivity index (χ0) is 16.1. The Morgan fingerprint density at radius 3 is 2.74 bits per heavy atom. The van der Waals surface area contributed by atoms with Gasteiger partial charge in [0, 0.05) is 30.6 Å². The number of nitrogens with zero attached hydrogens (tertiary/aromatic N) is 2. The Kier molecular flexibility index (Phi) is 3.69. The standard InChI is InChI=1S/C17H24N4OS/c1-9(2)15-13-8-14(23-17(13)21(3)20-15)16(22)19-12-6-10-4-5-11(7-12)18-10/h8-12,18H,4-7H2,1-3H3,(H,19,22). The highest BCUT2D eigenvalue weighted by molar-refractivity contribution is 7.20. The Morgan fingerprint density at radius 1 is 1.39 bits per heavy atom. The molecule has 23 heavy (non-hydrogen) atoms. The van der Waals surface area contributed by atoms with Crippen molar-refractivity contribution in [2.75, 3.05) is 0 Å². The van der Waals surface area contributed by atoms with Gasteiger partial charge in [0.05, 0.1) is 10.6 Å². The van der Waals surface area contributed by atoms with Crippen LogP contribution < -0.4 is 10.6 Å².